The summed E-state index contributed by atoms with van der Waals surface area (Å²) < 4.78 is 2.37. The molecule has 0 radical (unpaired) electrons. The Labute approximate surface area is 315 Å². The summed E-state index contributed by atoms with van der Waals surface area (Å²) >= 11 is 0. The normalized spacial score (nSPS) is 12.7. The molecule has 7 aromatic carbocycles. The molecular formula is C51H39N3. The highest BCUT2D eigenvalue weighted by Gasteiger charge is 2.20. The van der Waals surface area contributed by atoms with Gasteiger partial charge in [-0.15, -0.1) is 0 Å². The zero-order valence-electron chi connectivity index (χ0n) is 30.1. The van der Waals surface area contributed by atoms with Crippen LogP contribution in [0.15, 0.2) is 176 Å². The van der Waals surface area contributed by atoms with Crippen molar-refractivity contribution >= 4 is 45.3 Å². The third-order valence-electron chi connectivity index (χ3n) is 10.7. The second-order valence-electron chi connectivity index (χ2n) is 13.8. The van der Waals surface area contributed by atoms with Crippen LogP contribution in [0, 0.1) is 0 Å². The quantitative estimate of drug-likeness (QED) is 0.129. The fraction of sp³-hybridized carbons (Fsp3) is 0.0196. The van der Waals surface area contributed by atoms with Crippen LogP contribution >= 0.6 is 0 Å². The third kappa shape index (κ3) is 5.46. The van der Waals surface area contributed by atoms with E-state index in [4.69, 9.17) is 11.5 Å². The first-order chi connectivity index (χ1) is 26.5. The summed E-state index contributed by atoms with van der Waals surface area (Å²) in [6, 6.07) is 52.2. The van der Waals surface area contributed by atoms with Crippen LogP contribution in [0.1, 0.15) is 18.1 Å². The smallest absolute Gasteiger partial charge is 0.0541 e. The molecule has 1 aliphatic carbocycles. The van der Waals surface area contributed by atoms with Crippen LogP contribution in [0.2, 0.25) is 0 Å². The van der Waals surface area contributed by atoms with E-state index >= 15 is 0 Å². The van der Waals surface area contributed by atoms with Crippen molar-refractivity contribution in [2.45, 2.75) is 6.92 Å². The molecular weight excluding hydrogens is 655 g/mol. The SMILES string of the molecule is C=C/C=C\C=C/c1ccccc1-c1cc(-c2ccc3c(c2)c2cc(-c4cc5c(/c(=C\N)c4)=C(C)c4ccccc4-5)ccc2n3-c2ccccc2)ccc1N. The molecule has 0 atom stereocenters. The lowest BCUT2D eigenvalue weighted by molar-refractivity contribution is 1.18. The van der Waals surface area contributed by atoms with E-state index in [2.05, 4.69) is 164 Å². The van der Waals surface area contributed by atoms with Gasteiger partial charge in [0, 0.05) is 33.9 Å². The number of benzene rings is 7. The molecule has 1 aromatic heterocycles. The highest BCUT2D eigenvalue weighted by molar-refractivity contribution is 6.12. The summed E-state index contributed by atoms with van der Waals surface area (Å²) in [4.78, 5) is 0. The van der Waals surface area contributed by atoms with Gasteiger partial charge in [-0.3, -0.25) is 0 Å². The summed E-state index contributed by atoms with van der Waals surface area (Å²) in [6.45, 7) is 5.97. The minimum Gasteiger partial charge on any atom is -0.404 e. The van der Waals surface area contributed by atoms with Crippen molar-refractivity contribution in [3.8, 4) is 50.2 Å². The molecule has 54 heavy (non-hydrogen) atoms. The van der Waals surface area contributed by atoms with Gasteiger partial charge < -0.3 is 16.0 Å². The van der Waals surface area contributed by atoms with Crippen LogP contribution in [0.5, 0.6) is 0 Å². The Bertz CT molecular complexity index is 2980. The number of fused-ring (bicyclic) bond motifs is 6. The third-order valence-corrected chi connectivity index (χ3v) is 10.7. The Morgan fingerprint density at radius 2 is 1.15 bits per heavy atom. The number of anilines is 1. The highest BCUT2D eigenvalue weighted by atomic mass is 15.0. The Kier molecular flexibility index (Phi) is 8.17. The van der Waals surface area contributed by atoms with Crippen molar-refractivity contribution in [3.63, 3.8) is 0 Å². The van der Waals surface area contributed by atoms with Gasteiger partial charge in [-0.05, 0) is 134 Å². The average molecular weight is 694 g/mol. The predicted molar refractivity (Wildman–Crippen MR) is 231 cm³/mol. The topological polar surface area (TPSA) is 57.0 Å². The molecule has 0 saturated heterocycles. The minimum absolute atomic E-state index is 0.742. The average Bonchev–Trinajstić information content (AvgIpc) is 3.70. The Hall–Kier alpha value is -7.10. The molecule has 0 saturated carbocycles. The van der Waals surface area contributed by atoms with Gasteiger partial charge in [-0.1, -0.05) is 122 Å². The number of hydrogen-bond donors (Lipinski definition) is 2. The van der Waals surface area contributed by atoms with Crippen LogP contribution in [0.3, 0.4) is 0 Å². The lowest BCUT2D eigenvalue weighted by Gasteiger charge is -2.12. The molecule has 8 aromatic rings. The fourth-order valence-electron chi connectivity index (χ4n) is 8.17. The number of nitrogens with two attached hydrogens (primary N) is 2. The summed E-state index contributed by atoms with van der Waals surface area (Å²) in [5.41, 5.74) is 29.9. The number of rotatable bonds is 7. The van der Waals surface area contributed by atoms with E-state index in [9.17, 15) is 0 Å². The van der Waals surface area contributed by atoms with E-state index in [1.807, 2.05) is 24.3 Å². The molecule has 0 unspecified atom stereocenters. The van der Waals surface area contributed by atoms with Gasteiger partial charge in [0.2, 0.25) is 0 Å². The van der Waals surface area contributed by atoms with Gasteiger partial charge in [0.1, 0.15) is 0 Å². The largest absolute Gasteiger partial charge is 0.404 e. The molecule has 1 heterocycles. The Morgan fingerprint density at radius 3 is 1.87 bits per heavy atom. The molecule has 0 spiro atoms. The van der Waals surface area contributed by atoms with Gasteiger partial charge in [0.15, 0.2) is 0 Å². The van der Waals surface area contributed by atoms with E-state index in [0.29, 0.717) is 0 Å². The molecule has 0 bridgehead atoms. The van der Waals surface area contributed by atoms with Crippen LogP contribution in [0.4, 0.5) is 5.69 Å². The first-order valence-electron chi connectivity index (χ1n) is 18.3. The molecule has 0 aliphatic heterocycles. The first kappa shape index (κ1) is 32.8. The predicted octanol–water partition coefficient (Wildman–Crippen LogP) is 11.0. The van der Waals surface area contributed by atoms with Crippen molar-refractivity contribution in [1.29, 1.82) is 0 Å². The molecule has 4 N–H and O–H groups in total. The second-order valence-corrected chi connectivity index (χ2v) is 13.8. The fourth-order valence-corrected chi connectivity index (χ4v) is 8.17. The zero-order chi connectivity index (χ0) is 36.8. The van der Waals surface area contributed by atoms with E-state index in [-0.39, 0.29) is 0 Å². The Morgan fingerprint density at radius 1 is 0.537 bits per heavy atom. The van der Waals surface area contributed by atoms with Crippen molar-refractivity contribution in [2.75, 3.05) is 5.73 Å². The zero-order valence-corrected chi connectivity index (χ0v) is 30.1. The summed E-state index contributed by atoms with van der Waals surface area (Å²) in [6.07, 6.45) is 11.6. The van der Waals surface area contributed by atoms with E-state index in [1.165, 1.54) is 38.3 Å². The van der Waals surface area contributed by atoms with Crippen LogP contribution in [-0.2, 0) is 0 Å². The molecule has 3 heteroatoms. The number of nitrogen functional groups attached to an aromatic ring is 1. The van der Waals surface area contributed by atoms with Crippen molar-refractivity contribution < 1.29 is 0 Å². The van der Waals surface area contributed by atoms with Gasteiger partial charge in [-0.25, -0.2) is 0 Å². The van der Waals surface area contributed by atoms with E-state index < -0.39 is 0 Å². The van der Waals surface area contributed by atoms with Gasteiger partial charge in [-0.2, -0.15) is 0 Å². The van der Waals surface area contributed by atoms with Crippen LogP contribution in [0.25, 0.3) is 89.8 Å². The Balaban J connectivity index is 1.23. The number of hydrogen-bond acceptors (Lipinski definition) is 2. The highest BCUT2D eigenvalue weighted by Crippen LogP contribution is 2.40. The van der Waals surface area contributed by atoms with Crippen molar-refractivity contribution in [2.24, 2.45) is 5.73 Å². The van der Waals surface area contributed by atoms with E-state index in [0.717, 1.165) is 66.6 Å². The summed E-state index contributed by atoms with van der Waals surface area (Å²) in [5.74, 6) is 0. The second kappa shape index (κ2) is 13.5. The van der Waals surface area contributed by atoms with Crippen LogP contribution < -0.4 is 21.9 Å². The lowest BCUT2D eigenvalue weighted by Crippen LogP contribution is -2.28. The molecule has 1 aliphatic rings. The number of para-hydroxylation sites is 1. The number of allylic oxidation sites excluding steroid dienone is 4. The van der Waals surface area contributed by atoms with Crippen LogP contribution in [-0.4, -0.2) is 4.57 Å². The molecule has 9 rings (SSSR count). The van der Waals surface area contributed by atoms with Gasteiger partial charge in [0.25, 0.3) is 0 Å². The lowest BCUT2D eigenvalue weighted by atomic mass is 9.93. The minimum atomic E-state index is 0.742. The summed E-state index contributed by atoms with van der Waals surface area (Å²) in [5, 5.41) is 4.65. The first-order valence-corrected chi connectivity index (χ1v) is 18.3. The molecule has 3 nitrogen and oxygen atoms in total. The molecule has 258 valence electrons. The summed E-state index contributed by atoms with van der Waals surface area (Å²) in [7, 11) is 0. The monoisotopic (exact) mass is 693 g/mol. The van der Waals surface area contributed by atoms with Gasteiger partial charge in [0.05, 0.1) is 11.0 Å². The standard InChI is InChI=1S/C51H39N3/c1-3-4-5-7-14-34-15-10-11-19-42(34)44-28-35(21-24-48(44)53)36-22-25-49-45(29-36)46-30-37(23-26-50(46)54(49)40-16-8-6-9-17-40)38-27-39(32-52)51-33(2)41-18-12-13-20-43(41)47(51)31-38/h3-32H,1,52-53H2,2H3/b5-4-,14-7-,39-32-. The van der Waals surface area contributed by atoms with Crippen molar-refractivity contribution in [3.05, 3.63) is 198 Å². The maximum atomic E-state index is 6.67. The van der Waals surface area contributed by atoms with E-state index in [1.54, 1.807) is 12.3 Å². The molecule has 0 amide bonds. The maximum absolute atomic E-state index is 6.67. The number of nitrogens with zero attached hydrogens (tertiary/aromatic N) is 1. The number of aromatic nitrogens is 1. The van der Waals surface area contributed by atoms with Gasteiger partial charge >= 0.3 is 0 Å². The maximum Gasteiger partial charge on any atom is 0.0541 e. The molecule has 0 fully saturated rings. The van der Waals surface area contributed by atoms with Crippen molar-refractivity contribution in [1.82, 2.24) is 4.57 Å².